The molecular weight excluding hydrogens is 216 g/mol. The number of pyridine rings is 1. The fourth-order valence-corrected chi connectivity index (χ4v) is 1.11. The molecule has 0 amide bonds. The average molecular weight is 230 g/mol. The lowest BCUT2D eigenvalue weighted by atomic mass is 10.2. The molecule has 0 saturated heterocycles. The Morgan fingerprint density at radius 2 is 2.24 bits per heavy atom. The molecule has 0 fully saturated rings. The van der Waals surface area contributed by atoms with Crippen molar-refractivity contribution < 1.29 is 9.53 Å². The Balaban J connectivity index is 2.71. The minimum absolute atomic E-state index is 0.316. The molecule has 0 bridgehead atoms. The summed E-state index contributed by atoms with van der Waals surface area (Å²) in [6.45, 7) is 5.41. The van der Waals surface area contributed by atoms with Gasteiger partial charge < -0.3 is 4.74 Å². The lowest BCUT2D eigenvalue weighted by Gasteiger charge is -2.17. The van der Waals surface area contributed by atoms with Crippen LogP contribution in [0.1, 0.15) is 32.0 Å². The zero-order chi connectivity index (χ0) is 12.9. The number of carbonyl (C=O) groups excluding carboxylic acids is 1. The van der Waals surface area contributed by atoms with E-state index in [0.717, 1.165) is 5.56 Å². The molecule has 0 aliphatic carbocycles. The minimum atomic E-state index is -0.502. The molecule has 0 spiro atoms. The molecule has 0 saturated carbocycles. The Bertz CT molecular complexity index is 479. The number of rotatable bonds is 2. The lowest BCUT2D eigenvalue weighted by Crippen LogP contribution is -2.22. The summed E-state index contributed by atoms with van der Waals surface area (Å²) >= 11 is 0. The Hall–Kier alpha value is -2.15. The molecule has 0 radical (unpaired) electrons. The quantitative estimate of drug-likeness (QED) is 0.577. The number of nitriles is 1. The third-order valence-corrected chi connectivity index (χ3v) is 1.72. The second kappa shape index (κ2) is 5.26. The number of hydrogen-bond donors (Lipinski definition) is 0. The third kappa shape index (κ3) is 4.94. The predicted molar refractivity (Wildman–Crippen MR) is 63.8 cm³/mol. The highest BCUT2D eigenvalue weighted by Crippen LogP contribution is 2.08. The monoisotopic (exact) mass is 230 g/mol. The van der Waals surface area contributed by atoms with E-state index in [-0.39, 0.29) is 0 Å². The lowest BCUT2D eigenvalue weighted by molar-refractivity contribution is -0.148. The molecule has 0 atom stereocenters. The van der Waals surface area contributed by atoms with Gasteiger partial charge in [-0.3, -0.25) is 0 Å². The normalized spacial score (nSPS) is 11.2. The van der Waals surface area contributed by atoms with Crippen molar-refractivity contribution in [2.75, 3.05) is 0 Å². The molecule has 4 nitrogen and oxygen atoms in total. The van der Waals surface area contributed by atoms with Crippen molar-refractivity contribution in [3.05, 3.63) is 35.7 Å². The Morgan fingerprint density at radius 1 is 1.53 bits per heavy atom. The van der Waals surface area contributed by atoms with E-state index in [4.69, 9.17) is 10.00 Å². The van der Waals surface area contributed by atoms with Crippen LogP contribution >= 0.6 is 0 Å². The first-order valence-electron chi connectivity index (χ1n) is 5.18. The predicted octanol–water partition coefficient (Wildman–Crippen LogP) is 2.31. The molecule has 88 valence electrons. The molecule has 0 N–H and O–H groups in total. The largest absolute Gasteiger partial charge is 0.457 e. The first-order chi connectivity index (χ1) is 7.90. The van der Waals surface area contributed by atoms with Gasteiger partial charge >= 0.3 is 5.97 Å². The van der Waals surface area contributed by atoms with Crippen molar-refractivity contribution in [1.29, 1.82) is 5.26 Å². The maximum absolute atomic E-state index is 11.4. The van der Waals surface area contributed by atoms with Crippen molar-refractivity contribution >= 4 is 12.0 Å². The maximum atomic E-state index is 11.4. The fraction of sp³-hybridized carbons (Fsp3) is 0.308. The van der Waals surface area contributed by atoms with Crippen molar-refractivity contribution in [3.8, 4) is 6.07 Å². The summed E-state index contributed by atoms with van der Waals surface area (Å²) in [6.07, 6.45) is 4.45. The SMILES string of the molecule is CC(C)(C)OC(=O)C=Cc1ccnc(C#N)c1. The summed E-state index contributed by atoms with van der Waals surface area (Å²) < 4.78 is 5.11. The van der Waals surface area contributed by atoms with Crippen LogP contribution in [0.2, 0.25) is 0 Å². The number of aromatic nitrogens is 1. The summed E-state index contributed by atoms with van der Waals surface area (Å²) in [5, 5.41) is 8.66. The van der Waals surface area contributed by atoms with Crippen molar-refractivity contribution in [1.82, 2.24) is 4.98 Å². The highest BCUT2D eigenvalue weighted by molar-refractivity contribution is 5.87. The van der Waals surface area contributed by atoms with Crippen LogP contribution < -0.4 is 0 Å². The van der Waals surface area contributed by atoms with Crippen molar-refractivity contribution in [2.45, 2.75) is 26.4 Å². The van der Waals surface area contributed by atoms with Gasteiger partial charge in [-0.1, -0.05) is 0 Å². The number of ether oxygens (including phenoxy) is 1. The summed E-state index contributed by atoms with van der Waals surface area (Å²) in [6, 6.07) is 5.24. The molecule has 17 heavy (non-hydrogen) atoms. The molecule has 4 heteroatoms. The van der Waals surface area contributed by atoms with Crippen molar-refractivity contribution in [3.63, 3.8) is 0 Å². The molecule has 0 unspecified atom stereocenters. The second-order valence-corrected chi connectivity index (χ2v) is 4.45. The zero-order valence-corrected chi connectivity index (χ0v) is 10.1. The highest BCUT2D eigenvalue weighted by Gasteiger charge is 2.13. The zero-order valence-electron chi connectivity index (χ0n) is 10.1. The van der Waals surface area contributed by atoms with E-state index in [9.17, 15) is 4.79 Å². The third-order valence-electron chi connectivity index (χ3n) is 1.72. The number of esters is 1. The van der Waals surface area contributed by atoms with Gasteiger partial charge in [-0.05, 0) is 44.5 Å². The van der Waals surface area contributed by atoms with Crippen molar-refractivity contribution in [2.24, 2.45) is 0 Å². The fourth-order valence-electron chi connectivity index (χ4n) is 1.11. The van der Waals surface area contributed by atoms with Gasteiger partial charge in [-0.15, -0.1) is 0 Å². The van der Waals surface area contributed by atoms with E-state index in [1.54, 1.807) is 39.0 Å². The topological polar surface area (TPSA) is 63.0 Å². The summed E-state index contributed by atoms with van der Waals surface area (Å²) in [5.41, 5.74) is 0.552. The van der Waals surface area contributed by atoms with Crippen LogP contribution in [-0.2, 0) is 9.53 Å². The molecule has 1 aromatic rings. The van der Waals surface area contributed by atoms with Gasteiger partial charge in [0.05, 0.1) is 0 Å². The van der Waals surface area contributed by atoms with Crippen LogP contribution in [0.15, 0.2) is 24.4 Å². The first-order valence-corrected chi connectivity index (χ1v) is 5.18. The van der Waals surface area contributed by atoms with Gasteiger partial charge in [-0.25, -0.2) is 9.78 Å². The molecule has 0 aliphatic rings. The minimum Gasteiger partial charge on any atom is -0.457 e. The highest BCUT2D eigenvalue weighted by atomic mass is 16.6. The van der Waals surface area contributed by atoms with Gasteiger partial charge in [0.1, 0.15) is 17.4 Å². The van der Waals surface area contributed by atoms with Gasteiger partial charge in [0.2, 0.25) is 0 Å². The van der Waals surface area contributed by atoms with Crippen LogP contribution in [0, 0.1) is 11.3 Å². The number of carbonyl (C=O) groups is 1. The summed E-state index contributed by atoms with van der Waals surface area (Å²) in [4.78, 5) is 15.2. The van der Waals surface area contributed by atoms with E-state index >= 15 is 0 Å². The van der Waals surface area contributed by atoms with Crippen LogP contribution in [0.4, 0.5) is 0 Å². The van der Waals surface area contributed by atoms with E-state index < -0.39 is 11.6 Å². The first kappa shape index (κ1) is 12.9. The van der Waals surface area contributed by atoms with Crippen LogP contribution in [0.25, 0.3) is 6.08 Å². The maximum Gasteiger partial charge on any atom is 0.331 e. The van der Waals surface area contributed by atoms with Gasteiger partial charge in [0.25, 0.3) is 0 Å². The van der Waals surface area contributed by atoms with E-state index in [0.29, 0.717) is 5.69 Å². The Kier molecular flexibility index (Phi) is 4.00. The van der Waals surface area contributed by atoms with Gasteiger partial charge in [0.15, 0.2) is 0 Å². The average Bonchev–Trinajstić information content (AvgIpc) is 2.24. The van der Waals surface area contributed by atoms with E-state index in [1.165, 1.54) is 12.3 Å². The molecule has 1 aromatic heterocycles. The summed E-state index contributed by atoms with van der Waals surface area (Å²) in [7, 11) is 0. The van der Waals surface area contributed by atoms with Crippen LogP contribution in [0.5, 0.6) is 0 Å². The standard InChI is InChI=1S/C13H14N2O2/c1-13(2,3)17-12(16)5-4-10-6-7-15-11(8-10)9-14/h4-8H,1-3H3. The second-order valence-electron chi connectivity index (χ2n) is 4.45. The van der Waals surface area contributed by atoms with E-state index in [1.807, 2.05) is 6.07 Å². The molecule has 0 aromatic carbocycles. The Labute approximate surface area is 101 Å². The van der Waals surface area contributed by atoms with E-state index in [2.05, 4.69) is 4.98 Å². The smallest absolute Gasteiger partial charge is 0.331 e. The Morgan fingerprint density at radius 3 is 2.82 bits per heavy atom. The van der Waals surface area contributed by atoms with Gasteiger partial charge in [0, 0.05) is 12.3 Å². The number of nitrogens with zero attached hydrogens (tertiary/aromatic N) is 2. The van der Waals surface area contributed by atoms with Gasteiger partial charge in [-0.2, -0.15) is 5.26 Å². The van der Waals surface area contributed by atoms with Crippen LogP contribution in [0.3, 0.4) is 0 Å². The molecule has 1 rings (SSSR count). The molecular formula is C13H14N2O2. The molecule has 0 aliphatic heterocycles. The molecule has 1 heterocycles. The van der Waals surface area contributed by atoms with Crippen LogP contribution in [-0.4, -0.2) is 16.6 Å². The number of hydrogen-bond acceptors (Lipinski definition) is 4. The summed E-state index contributed by atoms with van der Waals surface area (Å²) in [5.74, 6) is -0.409.